The smallest absolute Gasteiger partial charge is 0.0174 e. The average molecular weight is 325 g/mol. The highest BCUT2D eigenvalue weighted by Gasteiger charge is 2.29. The number of hydrogen-bond donors (Lipinski definition) is 0. The quantitative estimate of drug-likeness (QED) is 0.503. The summed E-state index contributed by atoms with van der Waals surface area (Å²) in [5.41, 5.74) is 1.62. The predicted octanol–water partition coefficient (Wildman–Crippen LogP) is 5.61. The molecular weight excluding hydrogens is 304 g/mol. The lowest BCUT2D eigenvalue weighted by Crippen LogP contribution is -2.16. The molecule has 1 heterocycles. The summed E-state index contributed by atoms with van der Waals surface area (Å²) in [7, 11) is 0. The molecule has 0 N–H and O–H groups in total. The monoisotopic (exact) mass is 324 g/mol. The van der Waals surface area contributed by atoms with Crippen LogP contribution in [0.2, 0.25) is 0 Å². The van der Waals surface area contributed by atoms with E-state index in [1.807, 2.05) is 0 Å². The molecule has 1 aliphatic carbocycles. The van der Waals surface area contributed by atoms with Crippen LogP contribution in [-0.2, 0) is 0 Å². The Morgan fingerprint density at radius 3 is 2.89 bits per heavy atom. The zero-order valence-electron chi connectivity index (χ0n) is 10.8. The van der Waals surface area contributed by atoms with Gasteiger partial charge in [-0.2, -0.15) is 0 Å². The van der Waals surface area contributed by atoms with E-state index in [1.165, 1.54) is 49.2 Å². The summed E-state index contributed by atoms with van der Waals surface area (Å²) in [6.07, 6.45) is 8.50. The van der Waals surface area contributed by atoms with Crippen LogP contribution in [0.5, 0.6) is 0 Å². The molecule has 98 valence electrons. The van der Waals surface area contributed by atoms with Crippen molar-refractivity contribution in [3.63, 3.8) is 0 Å². The molecule has 0 saturated heterocycles. The van der Waals surface area contributed by atoms with Crippen molar-refractivity contribution in [1.82, 2.24) is 0 Å². The van der Waals surface area contributed by atoms with Crippen LogP contribution < -0.4 is 0 Å². The van der Waals surface area contributed by atoms with E-state index in [0.29, 0.717) is 0 Å². The van der Waals surface area contributed by atoms with Crippen molar-refractivity contribution >= 4 is 27.7 Å². The van der Waals surface area contributed by atoms with Crippen molar-refractivity contribution in [3.8, 4) is 0 Å². The van der Waals surface area contributed by atoms with Gasteiger partial charge < -0.3 is 0 Å². The van der Waals surface area contributed by atoms with E-state index in [4.69, 9.17) is 0 Å². The molecule has 18 heavy (non-hydrogen) atoms. The standard InChI is InChI=1S/C16H21BrS/c17-15-8-3-1-2-6-12(15)10-13-11-18-16-9-5-4-7-14(13)16/h4-5,7,9,12-13,15H,1-3,6,8,10-11H2. The van der Waals surface area contributed by atoms with Gasteiger partial charge in [-0.3, -0.25) is 0 Å². The second kappa shape index (κ2) is 6.00. The molecule has 1 aromatic rings. The van der Waals surface area contributed by atoms with E-state index < -0.39 is 0 Å². The normalized spacial score (nSPS) is 31.9. The maximum atomic E-state index is 3.95. The Labute approximate surface area is 123 Å². The first-order chi connectivity index (χ1) is 8.84. The second-order valence-corrected chi connectivity index (χ2v) is 7.93. The Hall–Kier alpha value is 0.0500. The van der Waals surface area contributed by atoms with E-state index in [2.05, 4.69) is 52.0 Å². The number of thioether (sulfide) groups is 1. The number of rotatable bonds is 2. The number of fused-ring (bicyclic) bond motifs is 1. The number of halogens is 1. The third-order valence-electron chi connectivity index (χ3n) is 4.45. The molecule has 1 aliphatic heterocycles. The van der Waals surface area contributed by atoms with Crippen LogP contribution >= 0.6 is 27.7 Å². The van der Waals surface area contributed by atoms with Crippen LogP contribution in [0.3, 0.4) is 0 Å². The summed E-state index contributed by atoms with van der Waals surface area (Å²) < 4.78 is 0. The molecule has 3 unspecified atom stereocenters. The van der Waals surface area contributed by atoms with Gasteiger partial charge in [-0.25, -0.2) is 0 Å². The van der Waals surface area contributed by atoms with Gasteiger partial charge in [-0.1, -0.05) is 53.4 Å². The molecule has 0 spiro atoms. The molecule has 1 fully saturated rings. The van der Waals surface area contributed by atoms with Crippen LogP contribution in [0.1, 0.15) is 50.0 Å². The van der Waals surface area contributed by atoms with Crippen molar-refractivity contribution in [2.24, 2.45) is 5.92 Å². The molecular formula is C16H21BrS. The van der Waals surface area contributed by atoms with Gasteiger partial charge >= 0.3 is 0 Å². The maximum Gasteiger partial charge on any atom is 0.0174 e. The molecule has 0 amide bonds. The molecule has 0 aromatic heterocycles. The molecule has 2 heteroatoms. The van der Waals surface area contributed by atoms with Gasteiger partial charge in [-0.05, 0) is 42.7 Å². The van der Waals surface area contributed by atoms with Crippen LogP contribution in [-0.4, -0.2) is 10.6 Å². The number of benzene rings is 1. The van der Waals surface area contributed by atoms with Gasteiger partial charge in [0.05, 0.1) is 0 Å². The predicted molar refractivity (Wildman–Crippen MR) is 83.8 cm³/mol. The van der Waals surface area contributed by atoms with Crippen molar-refractivity contribution in [2.75, 3.05) is 5.75 Å². The van der Waals surface area contributed by atoms with E-state index in [-0.39, 0.29) is 0 Å². The second-order valence-electron chi connectivity index (χ2n) is 5.70. The van der Waals surface area contributed by atoms with Crippen molar-refractivity contribution in [1.29, 1.82) is 0 Å². The van der Waals surface area contributed by atoms with E-state index in [9.17, 15) is 0 Å². The number of alkyl halides is 1. The topological polar surface area (TPSA) is 0 Å². The van der Waals surface area contributed by atoms with Crippen LogP contribution in [0.25, 0.3) is 0 Å². The summed E-state index contributed by atoms with van der Waals surface area (Å²) >= 11 is 6.00. The summed E-state index contributed by atoms with van der Waals surface area (Å²) in [5, 5.41) is 0. The molecule has 0 radical (unpaired) electrons. The van der Waals surface area contributed by atoms with E-state index in [0.717, 1.165) is 16.7 Å². The Morgan fingerprint density at radius 2 is 1.94 bits per heavy atom. The first-order valence-electron chi connectivity index (χ1n) is 7.20. The fourth-order valence-corrected chi connectivity index (χ4v) is 5.47. The summed E-state index contributed by atoms with van der Waals surface area (Å²) in [6, 6.07) is 9.02. The van der Waals surface area contributed by atoms with Gasteiger partial charge in [0.2, 0.25) is 0 Å². The Morgan fingerprint density at radius 1 is 1.11 bits per heavy atom. The van der Waals surface area contributed by atoms with Crippen molar-refractivity contribution in [3.05, 3.63) is 29.8 Å². The fraction of sp³-hybridized carbons (Fsp3) is 0.625. The highest BCUT2D eigenvalue weighted by molar-refractivity contribution is 9.09. The maximum absolute atomic E-state index is 3.95. The zero-order valence-corrected chi connectivity index (χ0v) is 13.2. The lowest BCUT2D eigenvalue weighted by molar-refractivity contribution is 0.416. The zero-order chi connectivity index (χ0) is 12.4. The van der Waals surface area contributed by atoms with Crippen molar-refractivity contribution in [2.45, 2.75) is 54.2 Å². The minimum absolute atomic E-state index is 0.762. The molecule has 2 aliphatic rings. The average Bonchev–Trinajstić information content (AvgIpc) is 2.69. The Balaban J connectivity index is 1.70. The van der Waals surface area contributed by atoms with Crippen LogP contribution in [0.15, 0.2) is 29.2 Å². The first-order valence-corrected chi connectivity index (χ1v) is 9.10. The number of hydrogen-bond acceptors (Lipinski definition) is 1. The molecule has 0 bridgehead atoms. The minimum atomic E-state index is 0.762. The van der Waals surface area contributed by atoms with Gasteiger partial charge in [-0.15, -0.1) is 11.8 Å². The van der Waals surface area contributed by atoms with Crippen molar-refractivity contribution < 1.29 is 0 Å². The van der Waals surface area contributed by atoms with Gasteiger partial charge in [0.15, 0.2) is 0 Å². The first kappa shape index (κ1) is 13.1. The Bertz CT molecular complexity index is 404. The fourth-order valence-electron chi connectivity index (χ4n) is 3.39. The molecule has 1 aromatic carbocycles. The third kappa shape index (κ3) is 2.80. The minimum Gasteiger partial charge on any atom is -0.125 e. The lowest BCUT2D eigenvalue weighted by atomic mass is 9.86. The van der Waals surface area contributed by atoms with E-state index >= 15 is 0 Å². The highest BCUT2D eigenvalue weighted by atomic mass is 79.9. The lowest BCUT2D eigenvalue weighted by Gasteiger charge is -2.23. The summed E-state index contributed by atoms with van der Waals surface area (Å²) in [5.74, 6) is 2.99. The van der Waals surface area contributed by atoms with Gasteiger partial charge in [0, 0.05) is 15.5 Å². The van der Waals surface area contributed by atoms with Gasteiger partial charge in [0.1, 0.15) is 0 Å². The molecule has 0 nitrogen and oxygen atoms in total. The third-order valence-corrected chi connectivity index (χ3v) is 6.91. The molecule has 3 rings (SSSR count). The van der Waals surface area contributed by atoms with Crippen LogP contribution in [0.4, 0.5) is 0 Å². The largest absolute Gasteiger partial charge is 0.125 e. The highest BCUT2D eigenvalue weighted by Crippen LogP contribution is 2.45. The Kier molecular flexibility index (Phi) is 4.35. The molecule has 1 saturated carbocycles. The SMILES string of the molecule is BrC1CCCCCC1CC1CSc2ccccc21. The summed E-state index contributed by atoms with van der Waals surface area (Å²) in [4.78, 5) is 2.29. The molecule has 3 atom stereocenters. The van der Waals surface area contributed by atoms with Crippen LogP contribution in [0, 0.1) is 5.92 Å². The van der Waals surface area contributed by atoms with E-state index in [1.54, 1.807) is 5.56 Å². The van der Waals surface area contributed by atoms with Gasteiger partial charge in [0.25, 0.3) is 0 Å². The summed E-state index contributed by atoms with van der Waals surface area (Å²) in [6.45, 7) is 0.